The van der Waals surface area contributed by atoms with Gasteiger partial charge in [-0.2, -0.15) is 0 Å². The molecule has 26 heavy (non-hydrogen) atoms. The maximum absolute atomic E-state index is 11.4. The highest BCUT2D eigenvalue weighted by Gasteiger charge is 2.17. The van der Waals surface area contributed by atoms with Crippen molar-refractivity contribution in [2.24, 2.45) is 0 Å². The third kappa shape index (κ3) is 2.91. The standard InChI is InChI=1S/C21H13ClN2O2/c22-15-10-11-19-18(12-15)17(14-6-2-1-3-7-14)13-20(23-19)16-8-4-5-9-21(16)24(25)26/h1-13H. The van der Waals surface area contributed by atoms with Crippen LogP contribution >= 0.6 is 11.6 Å². The van der Waals surface area contributed by atoms with Crippen LogP contribution in [-0.2, 0) is 0 Å². The van der Waals surface area contributed by atoms with Gasteiger partial charge in [0.1, 0.15) is 0 Å². The quantitative estimate of drug-likeness (QED) is 0.326. The minimum Gasteiger partial charge on any atom is -0.258 e. The van der Waals surface area contributed by atoms with Crippen LogP contribution in [0.5, 0.6) is 0 Å². The highest BCUT2D eigenvalue weighted by molar-refractivity contribution is 6.31. The zero-order chi connectivity index (χ0) is 18.1. The Kier molecular flexibility index (Phi) is 4.11. The minimum atomic E-state index is -0.384. The molecule has 0 aliphatic rings. The Morgan fingerprint density at radius 2 is 1.58 bits per heavy atom. The number of hydrogen-bond acceptors (Lipinski definition) is 3. The molecule has 0 spiro atoms. The van der Waals surface area contributed by atoms with Gasteiger partial charge in [0.25, 0.3) is 5.69 Å². The van der Waals surface area contributed by atoms with Crippen molar-refractivity contribution >= 4 is 28.2 Å². The number of pyridine rings is 1. The average molecular weight is 361 g/mol. The third-order valence-corrected chi connectivity index (χ3v) is 4.47. The molecule has 4 aromatic rings. The molecule has 0 radical (unpaired) electrons. The highest BCUT2D eigenvalue weighted by Crippen LogP contribution is 2.36. The van der Waals surface area contributed by atoms with Crippen molar-refractivity contribution < 1.29 is 4.92 Å². The summed E-state index contributed by atoms with van der Waals surface area (Å²) >= 11 is 6.18. The fourth-order valence-corrected chi connectivity index (χ4v) is 3.21. The molecule has 5 heteroatoms. The molecule has 126 valence electrons. The van der Waals surface area contributed by atoms with Crippen molar-refractivity contribution in [2.75, 3.05) is 0 Å². The van der Waals surface area contributed by atoms with Crippen LogP contribution in [0.25, 0.3) is 33.3 Å². The number of benzene rings is 3. The molecule has 1 aromatic heterocycles. The van der Waals surface area contributed by atoms with Gasteiger partial charge in [-0.3, -0.25) is 10.1 Å². The van der Waals surface area contributed by atoms with Gasteiger partial charge < -0.3 is 0 Å². The first kappa shape index (κ1) is 16.2. The van der Waals surface area contributed by atoms with Gasteiger partial charge >= 0.3 is 0 Å². The van der Waals surface area contributed by atoms with E-state index in [1.165, 1.54) is 6.07 Å². The molecule has 0 unspecified atom stereocenters. The number of nitro groups is 1. The molecule has 4 rings (SSSR count). The first-order valence-corrected chi connectivity index (χ1v) is 8.41. The van der Waals surface area contributed by atoms with Gasteiger partial charge in [0, 0.05) is 16.5 Å². The first-order chi connectivity index (χ1) is 12.6. The number of aromatic nitrogens is 1. The van der Waals surface area contributed by atoms with Crippen LogP contribution in [-0.4, -0.2) is 9.91 Å². The van der Waals surface area contributed by atoms with E-state index < -0.39 is 0 Å². The van der Waals surface area contributed by atoms with Gasteiger partial charge in [-0.05, 0) is 41.5 Å². The number of nitro benzene ring substituents is 1. The molecular weight excluding hydrogens is 348 g/mol. The normalized spacial score (nSPS) is 10.8. The van der Waals surface area contributed by atoms with Crippen LogP contribution in [0.2, 0.25) is 5.02 Å². The summed E-state index contributed by atoms with van der Waals surface area (Å²) in [4.78, 5) is 15.7. The third-order valence-electron chi connectivity index (χ3n) is 4.23. The summed E-state index contributed by atoms with van der Waals surface area (Å²) in [6.45, 7) is 0. The number of halogens is 1. The maximum atomic E-state index is 11.4. The number of rotatable bonds is 3. The molecule has 0 aliphatic carbocycles. The number of para-hydroxylation sites is 1. The molecule has 0 bridgehead atoms. The Morgan fingerprint density at radius 3 is 2.35 bits per heavy atom. The summed E-state index contributed by atoms with van der Waals surface area (Å²) in [6, 6.07) is 23.9. The van der Waals surface area contributed by atoms with E-state index in [9.17, 15) is 10.1 Å². The number of fused-ring (bicyclic) bond motifs is 1. The second-order valence-electron chi connectivity index (χ2n) is 5.86. The molecule has 0 saturated carbocycles. The number of hydrogen-bond donors (Lipinski definition) is 0. The molecule has 0 fully saturated rings. The van der Waals surface area contributed by atoms with Crippen LogP contribution in [0.1, 0.15) is 0 Å². The van der Waals surface area contributed by atoms with Crippen molar-refractivity contribution in [1.82, 2.24) is 4.98 Å². The Balaban J connectivity index is 2.05. The maximum Gasteiger partial charge on any atom is 0.278 e. The Morgan fingerprint density at radius 1 is 0.846 bits per heavy atom. The van der Waals surface area contributed by atoms with Gasteiger partial charge in [0.2, 0.25) is 0 Å². The smallest absolute Gasteiger partial charge is 0.258 e. The molecule has 0 amide bonds. The predicted octanol–water partition coefficient (Wildman–Crippen LogP) is 6.13. The topological polar surface area (TPSA) is 56.0 Å². The van der Waals surface area contributed by atoms with Gasteiger partial charge in [-0.25, -0.2) is 4.98 Å². The lowest BCUT2D eigenvalue weighted by Crippen LogP contribution is -1.95. The summed E-state index contributed by atoms with van der Waals surface area (Å²) in [6.07, 6.45) is 0. The molecule has 0 N–H and O–H groups in total. The summed E-state index contributed by atoms with van der Waals surface area (Å²) in [5, 5.41) is 12.9. The molecule has 3 aromatic carbocycles. The van der Waals surface area contributed by atoms with Crippen molar-refractivity contribution in [2.45, 2.75) is 0 Å². The summed E-state index contributed by atoms with van der Waals surface area (Å²) in [7, 11) is 0. The van der Waals surface area contributed by atoms with Crippen molar-refractivity contribution in [3.63, 3.8) is 0 Å². The van der Waals surface area contributed by atoms with Gasteiger partial charge in [0.05, 0.1) is 21.7 Å². The lowest BCUT2D eigenvalue weighted by Gasteiger charge is -2.11. The lowest BCUT2D eigenvalue weighted by atomic mass is 9.98. The summed E-state index contributed by atoms with van der Waals surface area (Å²) < 4.78 is 0. The minimum absolute atomic E-state index is 0.0346. The average Bonchev–Trinajstić information content (AvgIpc) is 2.68. The lowest BCUT2D eigenvalue weighted by molar-refractivity contribution is -0.384. The molecule has 4 nitrogen and oxygen atoms in total. The van der Waals surface area contributed by atoms with E-state index in [1.807, 2.05) is 48.5 Å². The summed E-state index contributed by atoms with van der Waals surface area (Å²) in [5.74, 6) is 0. The predicted molar refractivity (Wildman–Crippen MR) is 104 cm³/mol. The molecular formula is C21H13ClN2O2. The molecule has 0 aliphatic heterocycles. The second kappa shape index (κ2) is 6.58. The number of nitrogens with zero attached hydrogens (tertiary/aromatic N) is 2. The van der Waals surface area contributed by atoms with E-state index in [0.29, 0.717) is 16.3 Å². The molecule has 1 heterocycles. The zero-order valence-electron chi connectivity index (χ0n) is 13.6. The fraction of sp³-hybridized carbons (Fsp3) is 0. The molecule has 0 atom stereocenters. The van der Waals surface area contributed by atoms with Crippen LogP contribution in [0, 0.1) is 10.1 Å². The Hall–Kier alpha value is -3.24. The van der Waals surface area contributed by atoms with Gasteiger partial charge in [-0.15, -0.1) is 0 Å². The van der Waals surface area contributed by atoms with E-state index in [4.69, 9.17) is 11.6 Å². The van der Waals surface area contributed by atoms with Gasteiger partial charge in [0.15, 0.2) is 0 Å². The summed E-state index contributed by atoms with van der Waals surface area (Å²) in [5.41, 5.74) is 3.77. The highest BCUT2D eigenvalue weighted by atomic mass is 35.5. The SMILES string of the molecule is O=[N+]([O-])c1ccccc1-c1cc(-c2ccccc2)c2cc(Cl)ccc2n1. The van der Waals surface area contributed by atoms with Crippen molar-refractivity contribution in [3.8, 4) is 22.4 Å². The van der Waals surface area contributed by atoms with E-state index in [-0.39, 0.29) is 10.6 Å². The fourth-order valence-electron chi connectivity index (χ4n) is 3.04. The van der Waals surface area contributed by atoms with Crippen LogP contribution in [0.4, 0.5) is 5.69 Å². The van der Waals surface area contributed by atoms with Crippen LogP contribution in [0.3, 0.4) is 0 Å². The van der Waals surface area contributed by atoms with E-state index in [2.05, 4.69) is 4.98 Å². The van der Waals surface area contributed by atoms with Gasteiger partial charge in [-0.1, -0.05) is 54.1 Å². The monoisotopic (exact) mass is 360 g/mol. The van der Waals surface area contributed by atoms with E-state index in [1.54, 1.807) is 24.3 Å². The Bertz CT molecular complexity index is 1130. The van der Waals surface area contributed by atoms with E-state index in [0.717, 1.165) is 22.0 Å². The van der Waals surface area contributed by atoms with E-state index >= 15 is 0 Å². The van der Waals surface area contributed by atoms with Crippen LogP contribution < -0.4 is 0 Å². The first-order valence-electron chi connectivity index (χ1n) is 8.03. The second-order valence-corrected chi connectivity index (χ2v) is 6.29. The van der Waals surface area contributed by atoms with Crippen LogP contribution in [0.15, 0.2) is 78.9 Å². The van der Waals surface area contributed by atoms with Crippen molar-refractivity contribution in [1.29, 1.82) is 0 Å². The Labute approximate surface area is 154 Å². The largest absolute Gasteiger partial charge is 0.278 e. The molecule has 0 saturated heterocycles. The van der Waals surface area contributed by atoms with Crippen molar-refractivity contribution in [3.05, 3.63) is 94.0 Å². The zero-order valence-corrected chi connectivity index (χ0v) is 14.4.